The third-order valence-electron chi connectivity index (χ3n) is 3.18. The van der Waals surface area contributed by atoms with Crippen LogP contribution in [0, 0.1) is 6.92 Å². The van der Waals surface area contributed by atoms with Gasteiger partial charge in [-0.15, -0.1) is 0 Å². The van der Waals surface area contributed by atoms with Gasteiger partial charge in [-0.1, -0.05) is 6.92 Å². The third kappa shape index (κ3) is 3.61. The summed E-state index contributed by atoms with van der Waals surface area (Å²) in [7, 11) is 2.03. The minimum atomic E-state index is 0.253. The Labute approximate surface area is 114 Å². The van der Waals surface area contributed by atoms with Gasteiger partial charge in [0.25, 0.3) is 0 Å². The van der Waals surface area contributed by atoms with E-state index in [4.69, 9.17) is 0 Å². The standard InChI is InChI=1S/C14H21N5/c1-4-15-12(13-7-8-16-11(2)18-13)5-6-14-17-9-10-19(14)3/h7-10,12,15H,4-6H2,1-3H3. The Bertz CT molecular complexity index is 520. The van der Waals surface area contributed by atoms with E-state index in [9.17, 15) is 0 Å². The number of nitrogens with one attached hydrogen (secondary N) is 1. The van der Waals surface area contributed by atoms with Gasteiger partial charge in [-0.05, 0) is 26.0 Å². The van der Waals surface area contributed by atoms with E-state index in [1.165, 1.54) is 0 Å². The zero-order chi connectivity index (χ0) is 13.7. The van der Waals surface area contributed by atoms with Crippen LogP contribution in [0.3, 0.4) is 0 Å². The third-order valence-corrected chi connectivity index (χ3v) is 3.18. The first-order valence-electron chi connectivity index (χ1n) is 6.69. The molecule has 0 aliphatic rings. The molecule has 5 heteroatoms. The molecule has 0 radical (unpaired) electrons. The molecule has 1 unspecified atom stereocenters. The Morgan fingerprint density at radius 1 is 1.32 bits per heavy atom. The topological polar surface area (TPSA) is 55.6 Å². The average molecular weight is 259 g/mol. The normalized spacial score (nSPS) is 12.6. The monoisotopic (exact) mass is 259 g/mol. The molecule has 0 fully saturated rings. The summed E-state index contributed by atoms with van der Waals surface area (Å²) in [6, 6.07) is 2.24. The van der Waals surface area contributed by atoms with Gasteiger partial charge in [0.1, 0.15) is 11.6 Å². The molecule has 5 nitrogen and oxygen atoms in total. The van der Waals surface area contributed by atoms with Crippen LogP contribution in [0.4, 0.5) is 0 Å². The summed E-state index contributed by atoms with van der Waals surface area (Å²) < 4.78 is 2.06. The maximum Gasteiger partial charge on any atom is 0.125 e. The zero-order valence-electron chi connectivity index (χ0n) is 11.8. The quantitative estimate of drug-likeness (QED) is 0.859. The molecule has 2 aromatic rings. The molecule has 0 saturated heterocycles. The van der Waals surface area contributed by atoms with Crippen molar-refractivity contribution in [2.45, 2.75) is 32.7 Å². The van der Waals surface area contributed by atoms with E-state index in [0.717, 1.165) is 36.7 Å². The Kier molecular flexibility index (Phi) is 4.63. The van der Waals surface area contributed by atoms with Gasteiger partial charge in [0.05, 0.1) is 11.7 Å². The Balaban J connectivity index is 2.06. The fourth-order valence-electron chi connectivity index (χ4n) is 2.18. The highest BCUT2D eigenvalue weighted by atomic mass is 15.0. The van der Waals surface area contributed by atoms with Crippen LogP contribution in [-0.2, 0) is 13.5 Å². The molecule has 0 spiro atoms. The maximum atomic E-state index is 4.51. The minimum absolute atomic E-state index is 0.253. The van der Waals surface area contributed by atoms with Crippen LogP contribution in [0.2, 0.25) is 0 Å². The Hall–Kier alpha value is -1.75. The van der Waals surface area contributed by atoms with Crippen LogP contribution in [0.25, 0.3) is 0 Å². The molecule has 102 valence electrons. The van der Waals surface area contributed by atoms with Crippen molar-refractivity contribution in [3.8, 4) is 0 Å². The van der Waals surface area contributed by atoms with Crippen LogP contribution in [0.5, 0.6) is 0 Å². The van der Waals surface area contributed by atoms with Crippen molar-refractivity contribution in [2.75, 3.05) is 6.54 Å². The minimum Gasteiger partial charge on any atom is -0.338 e. The molecule has 2 heterocycles. The highest BCUT2D eigenvalue weighted by Crippen LogP contribution is 2.16. The van der Waals surface area contributed by atoms with Crippen molar-refractivity contribution >= 4 is 0 Å². The lowest BCUT2D eigenvalue weighted by Gasteiger charge is -2.17. The number of nitrogens with zero attached hydrogens (tertiary/aromatic N) is 4. The number of hydrogen-bond donors (Lipinski definition) is 1. The summed E-state index contributed by atoms with van der Waals surface area (Å²) in [5.74, 6) is 1.92. The lowest BCUT2D eigenvalue weighted by molar-refractivity contribution is 0.493. The molecule has 0 amide bonds. The molecular formula is C14H21N5. The lowest BCUT2D eigenvalue weighted by Crippen LogP contribution is -2.23. The summed E-state index contributed by atoms with van der Waals surface area (Å²) in [5, 5.41) is 3.48. The fourth-order valence-corrected chi connectivity index (χ4v) is 2.18. The van der Waals surface area contributed by atoms with Crippen molar-refractivity contribution in [1.82, 2.24) is 24.8 Å². The van der Waals surface area contributed by atoms with E-state index < -0.39 is 0 Å². The Morgan fingerprint density at radius 2 is 2.16 bits per heavy atom. The van der Waals surface area contributed by atoms with Gasteiger partial charge in [-0.25, -0.2) is 15.0 Å². The predicted molar refractivity (Wildman–Crippen MR) is 74.7 cm³/mol. The number of aryl methyl sites for hydroxylation is 3. The molecule has 2 aromatic heterocycles. The van der Waals surface area contributed by atoms with Crippen molar-refractivity contribution in [3.05, 3.63) is 42.0 Å². The lowest BCUT2D eigenvalue weighted by atomic mass is 10.1. The summed E-state index contributed by atoms with van der Waals surface area (Å²) in [6.45, 7) is 4.96. The molecule has 1 N–H and O–H groups in total. The SMILES string of the molecule is CCNC(CCc1nccn1C)c1ccnc(C)n1. The first-order valence-corrected chi connectivity index (χ1v) is 6.69. The van der Waals surface area contributed by atoms with Crippen molar-refractivity contribution in [1.29, 1.82) is 0 Å². The first kappa shape index (κ1) is 13.7. The van der Waals surface area contributed by atoms with E-state index in [2.05, 4.69) is 31.8 Å². The smallest absolute Gasteiger partial charge is 0.125 e. The van der Waals surface area contributed by atoms with Gasteiger partial charge < -0.3 is 9.88 Å². The maximum absolute atomic E-state index is 4.51. The van der Waals surface area contributed by atoms with Gasteiger partial charge >= 0.3 is 0 Å². The number of rotatable bonds is 6. The van der Waals surface area contributed by atoms with Crippen LogP contribution in [0.1, 0.15) is 36.7 Å². The van der Waals surface area contributed by atoms with Crippen LogP contribution in [-0.4, -0.2) is 26.1 Å². The van der Waals surface area contributed by atoms with E-state index in [-0.39, 0.29) is 6.04 Å². The second-order valence-corrected chi connectivity index (χ2v) is 4.63. The van der Waals surface area contributed by atoms with Crippen molar-refractivity contribution in [2.24, 2.45) is 7.05 Å². The molecule has 0 aromatic carbocycles. The van der Waals surface area contributed by atoms with Crippen LogP contribution in [0.15, 0.2) is 24.7 Å². The highest BCUT2D eigenvalue weighted by molar-refractivity contribution is 5.08. The van der Waals surface area contributed by atoms with E-state index >= 15 is 0 Å². The highest BCUT2D eigenvalue weighted by Gasteiger charge is 2.13. The van der Waals surface area contributed by atoms with Gasteiger partial charge in [-0.2, -0.15) is 0 Å². The molecule has 2 rings (SSSR count). The van der Waals surface area contributed by atoms with E-state index in [1.807, 2.05) is 38.6 Å². The van der Waals surface area contributed by atoms with E-state index in [1.54, 1.807) is 0 Å². The van der Waals surface area contributed by atoms with E-state index in [0.29, 0.717) is 0 Å². The second kappa shape index (κ2) is 6.43. The number of hydrogen-bond acceptors (Lipinski definition) is 4. The molecule has 1 atom stereocenters. The fraction of sp³-hybridized carbons (Fsp3) is 0.500. The molecule has 0 aliphatic heterocycles. The summed E-state index contributed by atoms with van der Waals surface area (Å²) in [4.78, 5) is 13.0. The summed E-state index contributed by atoms with van der Waals surface area (Å²) >= 11 is 0. The molecular weight excluding hydrogens is 238 g/mol. The molecule has 0 aliphatic carbocycles. The second-order valence-electron chi connectivity index (χ2n) is 4.63. The summed E-state index contributed by atoms with van der Waals surface area (Å²) in [6.07, 6.45) is 7.56. The molecule has 0 bridgehead atoms. The van der Waals surface area contributed by atoms with Gasteiger partial charge in [0, 0.05) is 32.1 Å². The number of imidazole rings is 1. The zero-order valence-corrected chi connectivity index (χ0v) is 11.8. The molecule has 19 heavy (non-hydrogen) atoms. The largest absolute Gasteiger partial charge is 0.338 e. The van der Waals surface area contributed by atoms with Crippen LogP contribution >= 0.6 is 0 Å². The van der Waals surface area contributed by atoms with Gasteiger partial charge in [0.15, 0.2) is 0 Å². The van der Waals surface area contributed by atoms with Crippen molar-refractivity contribution < 1.29 is 0 Å². The first-order chi connectivity index (χ1) is 9.20. The molecule has 0 saturated carbocycles. The Morgan fingerprint density at radius 3 is 2.79 bits per heavy atom. The number of aromatic nitrogens is 4. The summed E-state index contributed by atoms with van der Waals surface area (Å²) in [5.41, 5.74) is 1.06. The van der Waals surface area contributed by atoms with Gasteiger partial charge in [-0.3, -0.25) is 0 Å². The van der Waals surface area contributed by atoms with Gasteiger partial charge in [0.2, 0.25) is 0 Å². The van der Waals surface area contributed by atoms with Crippen LogP contribution < -0.4 is 5.32 Å². The predicted octanol–water partition coefficient (Wildman–Crippen LogP) is 1.80. The average Bonchev–Trinajstić information content (AvgIpc) is 2.80. The van der Waals surface area contributed by atoms with Crippen molar-refractivity contribution in [3.63, 3.8) is 0 Å².